The van der Waals surface area contributed by atoms with Gasteiger partial charge in [-0.05, 0) is 66.3 Å². The average molecular weight is 418 g/mol. The number of carbonyl (C=O) groups excluding carboxylic acids is 1. The lowest BCUT2D eigenvalue weighted by Gasteiger charge is -2.32. The molecular weight excluding hydrogens is 390 g/mol. The highest BCUT2D eigenvalue weighted by atomic mass is 16.5. The van der Waals surface area contributed by atoms with Crippen molar-refractivity contribution in [1.29, 1.82) is 0 Å². The second-order valence-electron chi connectivity index (χ2n) is 7.78. The van der Waals surface area contributed by atoms with Crippen LogP contribution in [0, 0.1) is 0 Å². The molecule has 0 spiro atoms. The van der Waals surface area contributed by atoms with Crippen molar-refractivity contribution < 1.29 is 19.4 Å². The summed E-state index contributed by atoms with van der Waals surface area (Å²) in [6.45, 7) is 1.99. The highest BCUT2D eigenvalue weighted by Gasteiger charge is 2.24. The molecule has 1 heterocycles. The van der Waals surface area contributed by atoms with Crippen LogP contribution in [0.5, 0.6) is 17.2 Å². The van der Waals surface area contributed by atoms with Crippen LogP contribution in [0.1, 0.15) is 29.9 Å². The second kappa shape index (κ2) is 10.0. The lowest BCUT2D eigenvalue weighted by atomic mass is 9.89. The Morgan fingerprint density at radius 2 is 1.45 bits per heavy atom. The average Bonchev–Trinajstić information content (AvgIpc) is 2.83. The summed E-state index contributed by atoms with van der Waals surface area (Å²) in [5.74, 6) is 2.13. The van der Waals surface area contributed by atoms with Gasteiger partial charge in [0.15, 0.2) is 6.61 Å². The summed E-state index contributed by atoms with van der Waals surface area (Å²) < 4.78 is 11.5. The molecule has 0 radical (unpaired) electrons. The summed E-state index contributed by atoms with van der Waals surface area (Å²) in [6, 6.07) is 24.7. The number of phenolic OH excluding ortho intramolecular Hbond substituents is 1. The van der Waals surface area contributed by atoms with Crippen molar-refractivity contribution in [3.63, 3.8) is 0 Å². The predicted octanol–water partition coefficient (Wildman–Crippen LogP) is 4.76. The maximum absolute atomic E-state index is 12.5. The maximum Gasteiger partial charge on any atom is 0.260 e. The second-order valence-corrected chi connectivity index (χ2v) is 7.78. The zero-order valence-electron chi connectivity index (χ0n) is 17.4. The van der Waals surface area contributed by atoms with Gasteiger partial charge in [0.25, 0.3) is 5.91 Å². The van der Waals surface area contributed by atoms with Crippen LogP contribution in [0.3, 0.4) is 0 Å². The lowest BCUT2D eigenvalue weighted by Crippen LogP contribution is -2.40. The number of hydrogen-bond acceptors (Lipinski definition) is 4. The SMILES string of the molecule is O=C(COc1ccc(OCc2ccccc2)cc1)N1CCC(c2ccc(O)cc2)CC1. The van der Waals surface area contributed by atoms with Gasteiger partial charge in [0.05, 0.1) is 0 Å². The molecule has 0 saturated carbocycles. The molecule has 1 aliphatic rings. The van der Waals surface area contributed by atoms with E-state index in [1.165, 1.54) is 5.56 Å². The first-order chi connectivity index (χ1) is 15.2. The number of ether oxygens (including phenoxy) is 2. The van der Waals surface area contributed by atoms with E-state index in [0.29, 0.717) is 18.3 Å². The minimum atomic E-state index is 0.00793. The normalized spacial score (nSPS) is 14.3. The minimum absolute atomic E-state index is 0.00793. The Labute approximate surface area is 182 Å². The van der Waals surface area contributed by atoms with Crippen molar-refractivity contribution >= 4 is 5.91 Å². The van der Waals surface area contributed by atoms with E-state index in [1.807, 2.05) is 71.6 Å². The number of likely N-dealkylation sites (tertiary alicyclic amines) is 1. The summed E-state index contributed by atoms with van der Waals surface area (Å²) >= 11 is 0. The van der Waals surface area contributed by atoms with Gasteiger partial charge in [-0.15, -0.1) is 0 Å². The van der Waals surface area contributed by atoms with Gasteiger partial charge in [-0.3, -0.25) is 4.79 Å². The molecule has 0 atom stereocenters. The molecule has 0 unspecified atom stereocenters. The number of nitrogens with zero attached hydrogens (tertiary/aromatic N) is 1. The number of amides is 1. The molecule has 0 aliphatic carbocycles. The molecule has 1 fully saturated rings. The van der Waals surface area contributed by atoms with Crippen molar-refractivity contribution in [3.8, 4) is 17.2 Å². The van der Waals surface area contributed by atoms with Gasteiger partial charge < -0.3 is 19.5 Å². The number of benzene rings is 3. The van der Waals surface area contributed by atoms with Gasteiger partial charge in [-0.1, -0.05) is 42.5 Å². The Hall–Kier alpha value is -3.47. The van der Waals surface area contributed by atoms with Crippen LogP contribution < -0.4 is 9.47 Å². The van der Waals surface area contributed by atoms with Crippen molar-refractivity contribution in [3.05, 3.63) is 90.0 Å². The van der Waals surface area contributed by atoms with Crippen molar-refractivity contribution in [2.24, 2.45) is 0 Å². The monoisotopic (exact) mass is 417 g/mol. The topological polar surface area (TPSA) is 59.0 Å². The number of phenols is 1. The number of rotatable bonds is 7. The van der Waals surface area contributed by atoms with E-state index in [-0.39, 0.29) is 18.3 Å². The fourth-order valence-corrected chi connectivity index (χ4v) is 3.82. The molecule has 160 valence electrons. The van der Waals surface area contributed by atoms with Crippen molar-refractivity contribution in [2.75, 3.05) is 19.7 Å². The molecule has 5 heteroatoms. The van der Waals surface area contributed by atoms with Gasteiger partial charge in [0.1, 0.15) is 23.9 Å². The molecule has 1 saturated heterocycles. The summed E-state index contributed by atoms with van der Waals surface area (Å²) in [5, 5.41) is 9.44. The Morgan fingerprint density at radius 3 is 2.10 bits per heavy atom. The molecule has 4 rings (SSSR count). The Bertz CT molecular complexity index is 963. The van der Waals surface area contributed by atoms with E-state index in [9.17, 15) is 9.90 Å². The quantitative estimate of drug-likeness (QED) is 0.602. The third-order valence-corrected chi connectivity index (χ3v) is 5.65. The van der Waals surface area contributed by atoms with Gasteiger partial charge in [-0.25, -0.2) is 0 Å². The van der Waals surface area contributed by atoms with E-state index >= 15 is 0 Å². The van der Waals surface area contributed by atoms with E-state index in [2.05, 4.69) is 0 Å². The van der Waals surface area contributed by atoms with Gasteiger partial charge in [0, 0.05) is 13.1 Å². The molecule has 31 heavy (non-hydrogen) atoms. The Kier molecular flexibility index (Phi) is 6.72. The number of piperidine rings is 1. The first kappa shape index (κ1) is 20.8. The number of carbonyl (C=O) groups is 1. The zero-order valence-corrected chi connectivity index (χ0v) is 17.4. The lowest BCUT2D eigenvalue weighted by molar-refractivity contribution is -0.134. The molecule has 3 aromatic rings. The fourth-order valence-electron chi connectivity index (χ4n) is 3.82. The Balaban J connectivity index is 1.20. The number of aromatic hydroxyl groups is 1. The predicted molar refractivity (Wildman–Crippen MR) is 119 cm³/mol. The van der Waals surface area contributed by atoms with Crippen LogP contribution in [0.25, 0.3) is 0 Å². The molecular formula is C26H27NO4. The first-order valence-electron chi connectivity index (χ1n) is 10.6. The fraction of sp³-hybridized carbons (Fsp3) is 0.269. The van der Waals surface area contributed by atoms with Gasteiger partial charge in [-0.2, -0.15) is 0 Å². The van der Waals surface area contributed by atoms with Crippen LogP contribution in [-0.4, -0.2) is 35.6 Å². The van der Waals surface area contributed by atoms with Crippen LogP contribution in [0.4, 0.5) is 0 Å². The van der Waals surface area contributed by atoms with Crippen LogP contribution >= 0.6 is 0 Å². The zero-order chi connectivity index (χ0) is 21.5. The number of hydrogen-bond donors (Lipinski definition) is 1. The highest BCUT2D eigenvalue weighted by Crippen LogP contribution is 2.29. The largest absolute Gasteiger partial charge is 0.508 e. The van der Waals surface area contributed by atoms with E-state index in [1.54, 1.807) is 12.1 Å². The van der Waals surface area contributed by atoms with Crippen molar-refractivity contribution in [2.45, 2.75) is 25.4 Å². The highest BCUT2D eigenvalue weighted by molar-refractivity contribution is 5.77. The van der Waals surface area contributed by atoms with E-state index < -0.39 is 0 Å². The maximum atomic E-state index is 12.5. The molecule has 1 N–H and O–H groups in total. The molecule has 1 aliphatic heterocycles. The standard InChI is InChI=1S/C26H27NO4/c28-23-8-6-21(7-9-23)22-14-16-27(17-15-22)26(29)19-31-25-12-10-24(11-13-25)30-18-20-4-2-1-3-5-20/h1-13,22,28H,14-19H2. The third kappa shape index (κ3) is 5.79. The van der Waals surface area contributed by atoms with E-state index in [0.717, 1.165) is 37.2 Å². The first-order valence-corrected chi connectivity index (χ1v) is 10.6. The summed E-state index contributed by atoms with van der Waals surface area (Å²) in [7, 11) is 0. The van der Waals surface area contributed by atoms with Gasteiger partial charge >= 0.3 is 0 Å². The van der Waals surface area contributed by atoms with Crippen LogP contribution in [0.15, 0.2) is 78.9 Å². The van der Waals surface area contributed by atoms with Crippen LogP contribution in [0.2, 0.25) is 0 Å². The molecule has 3 aromatic carbocycles. The Morgan fingerprint density at radius 1 is 0.839 bits per heavy atom. The summed E-state index contributed by atoms with van der Waals surface area (Å²) in [6.07, 6.45) is 1.84. The molecule has 5 nitrogen and oxygen atoms in total. The summed E-state index contributed by atoms with van der Waals surface area (Å²) in [5.41, 5.74) is 2.33. The molecule has 1 amide bonds. The summed E-state index contributed by atoms with van der Waals surface area (Å²) in [4.78, 5) is 14.4. The van der Waals surface area contributed by atoms with Gasteiger partial charge in [0.2, 0.25) is 0 Å². The van der Waals surface area contributed by atoms with Crippen LogP contribution in [-0.2, 0) is 11.4 Å². The van der Waals surface area contributed by atoms with E-state index in [4.69, 9.17) is 9.47 Å². The smallest absolute Gasteiger partial charge is 0.260 e. The third-order valence-electron chi connectivity index (χ3n) is 5.65. The molecule has 0 aromatic heterocycles. The minimum Gasteiger partial charge on any atom is -0.508 e. The molecule has 0 bridgehead atoms. The van der Waals surface area contributed by atoms with Crippen molar-refractivity contribution in [1.82, 2.24) is 4.90 Å².